The molecule has 0 saturated carbocycles. The van der Waals surface area contributed by atoms with E-state index in [1.165, 1.54) is 11.3 Å². The molecule has 0 spiro atoms. The number of carboxylic acids is 1. The quantitative estimate of drug-likeness (QED) is 0.578. The highest BCUT2D eigenvalue weighted by Gasteiger charge is 2.28. The average molecular weight is 431 g/mol. The second kappa shape index (κ2) is 9.75. The highest BCUT2D eigenvalue weighted by Crippen LogP contribution is 2.40. The number of amides is 2. The number of carbonyl (C=O) groups excluding carboxylic acids is 2. The molecule has 30 heavy (non-hydrogen) atoms. The number of anilines is 2. The molecule has 0 aliphatic heterocycles. The van der Waals surface area contributed by atoms with Gasteiger partial charge in [-0.2, -0.15) is 0 Å². The van der Waals surface area contributed by atoms with Crippen molar-refractivity contribution in [2.45, 2.75) is 45.4 Å². The van der Waals surface area contributed by atoms with Crippen LogP contribution in [0.4, 0.5) is 10.7 Å². The summed E-state index contributed by atoms with van der Waals surface area (Å²) < 4.78 is 5.32. The minimum atomic E-state index is -0.930. The van der Waals surface area contributed by atoms with Crippen molar-refractivity contribution in [3.63, 3.8) is 0 Å². The van der Waals surface area contributed by atoms with Gasteiger partial charge in [-0.3, -0.25) is 14.4 Å². The van der Waals surface area contributed by atoms with Gasteiger partial charge in [0.1, 0.15) is 10.8 Å². The summed E-state index contributed by atoms with van der Waals surface area (Å²) in [5, 5.41) is 15.0. The normalized spacial score (nSPS) is 15.2. The van der Waals surface area contributed by atoms with Gasteiger partial charge in [-0.1, -0.05) is 19.1 Å². The fraction of sp³-hybridized carbons (Fsp3) is 0.409. The maximum Gasteiger partial charge on any atom is 0.303 e. The Labute approximate surface area is 179 Å². The number of nitrogens with one attached hydrogen (secondary N) is 2. The van der Waals surface area contributed by atoms with E-state index in [0.717, 1.165) is 29.7 Å². The molecule has 1 atom stereocenters. The number of fused-ring (bicyclic) bond motifs is 1. The van der Waals surface area contributed by atoms with Gasteiger partial charge >= 0.3 is 5.97 Å². The number of carbonyl (C=O) groups is 3. The zero-order valence-electron chi connectivity index (χ0n) is 17.1. The zero-order valence-corrected chi connectivity index (χ0v) is 17.9. The molecule has 0 bridgehead atoms. The van der Waals surface area contributed by atoms with Crippen LogP contribution in [0.25, 0.3) is 0 Å². The Hall–Kier alpha value is -2.87. The van der Waals surface area contributed by atoms with Gasteiger partial charge in [0.15, 0.2) is 0 Å². The van der Waals surface area contributed by atoms with Crippen LogP contribution >= 0.6 is 11.3 Å². The number of hydrogen-bond acceptors (Lipinski definition) is 5. The first-order chi connectivity index (χ1) is 14.4. The molecule has 1 aliphatic carbocycles. The molecule has 8 heteroatoms. The monoisotopic (exact) mass is 430 g/mol. The second-order valence-electron chi connectivity index (χ2n) is 7.51. The Morgan fingerprint density at radius 3 is 2.70 bits per heavy atom. The minimum Gasteiger partial charge on any atom is -0.495 e. The van der Waals surface area contributed by atoms with Crippen LogP contribution in [0.5, 0.6) is 5.75 Å². The first-order valence-corrected chi connectivity index (χ1v) is 10.8. The van der Waals surface area contributed by atoms with E-state index in [1.807, 2.05) is 12.1 Å². The van der Waals surface area contributed by atoms with Gasteiger partial charge in [0.05, 0.1) is 18.4 Å². The molecule has 7 nitrogen and oxygen atoms in total. The van der Waals surface area contributed by atoms with Gasteiger partial charge in [0.2, 0.25) is 5.91 Å². The molecule has 3 N–H and O–H groups in total. The zero-order chi connectivity index (χ0) is 21.7. The number of aliphatic carboxylic acids is 1. The van der Waals surface area contributed by atoms with E-state index in [1.54, 1.807) is 19.2 Å². The van der Waals surface area contributed by atoms with Crippen molar-refractivity contribution in [2.24, 2.45) is 5.92 Å². The van der Waals surface area contributed by atoms with E-state index in [0.29, 0.717) is 27.9 Å². The number of para-hydroxylation sites is 2. The summed E-state index contributed by atoms with van der Waals surface area (Å²) in [6, 6.07) is 7.17. The summed E-state index contributed by atoms with van der Waals surface area (Å²) in [7, 11) is 1.54. The lowest BCUT2D eigenvalue weighted by Crippen LogP contribution is -2.19. The molecule has 1 heterocycles. The highest BCUT2D eigenvalue weighted by atomic mass is 32.1. The molecule has 2 aromatic rings. The topological polar surface area (TPSA) is 105 Å². The van der Waals surface area contributed by atoms with Crippen molar-refractivity contribution in [1.82, 2.24) is 0 Å². The number of methoxy groups -OCH3 is 1. The van der Waals surface area contributed by atoms with Crippen LogP contribution in [0, 0.1) is 5.92 Å². The highest BCUT2D eigenvalue weighted by molar-refractivity contribution is 7.17. The Kier molecular flexibility index (Phi) is 7.10. The molecular formula is C22H26N2O5S. The third-order valence-electron chi connectivity index (χ3n) is 5.14. The van der Waals surface area contributed by atoms with Gasteiger partial charge in [0.25, 0.3) is 5.91 Å². The Balaban J connectivity index is 1.85. The fourth-order valence-corrected chi connectivity index (χ4v) is 5.03. The van der Waals surface area contributed by atoms with Crippen LogP contribution in [0.3, 0.4) is 0 Å². The molecule has 0 fully saturated rings. The van der Waals surface area contributed by atoms with Crippen LogP contribution in [0.15, 0.2) is 24.3 Å². The van der Waals surface area contributed by atoms with Gasteiger partial charge in [0, 0.05) is 17.7 Å². The second-order valence-corrected chi connectivity index (χ2v) is 8.61. The van der Waals surface area contributed by atoms with E-state index in [-0.39, 0.29) is 31.1 Å². The van der Waals surface area contributed by atoms with Crippen molar-refractivity contribution in [3.05, 3.63) is 40.3 Å². The van der Waals surface area contributed by atoms with E-state index < -0.39 is 5.97 Å². The smallest absolute Gasteiger partial charge is 0.303 e. The van der Waals surface area contributed by atoms with Crippen LogP contribution in [0.2, 0.25) is 0 Å². The maximum absolute atomic E-state index is 13.2. The van der Waals surface area contributed by atoms with E-state index in [2.05, 4.69) is 17.6 Å². The van der Waals surface area contributed by atoms with Crippen molar-refractivity contribution < 1.29 is 24.2 Å². The number of ether oxygens (including phenoxy) is 1. The average Bonchev–Trinajstić information content (AvgIpc) is 3.04. The molecule has 1 aromatic carbocycles. The van der Waals surface area contributed by atoms with Gasteiger partial charge in [-0.05, 0) is 49.3 Å². The van der Waals surface area contributed by atoms with Crippen molar-refractivity contribution in [3.8, 4) is 5.75 Å². The number of hydrogen-bond donors (Lipinski definition) is 3. The lowest BCUT2D eigenvalue weighted by molar-refractivity contribution is -0.137. The van der Waals surface area contributed by atoms with E-state index in [9.17, 15) is 14.4 Å². The molecule has 1 aromatic heterocycles. The van der Waals surface area contributed by atoms with Crippen molar-refractivity contribution >= 4 is 39.8 Å². The summed E-state index contributed by atoms with van der Waals surface area (Å²) in [6.07, 6.45) is 2.95. The van der Waals surface area contributed by atoms with E-state index >= 15 is 0 Å². The molecule has 0 saturated heterocycles. The van der Waals surface area contributed by atoms with E-state index in [4.69, 9.17) is 9.84 Å². The molecular weight excluding hydrogens is 404 g/mol. The lowest BCUT2D eigenvalue weighted by atomic mass is 9.88. The first kappa shape index (κ1) is 21.8. The summed E-state index contributed by atoms with van der Waals surface area (Å²) in [4.78, 5) is 37.4. The standard InChI is InChI=1S/C22H26N2O5S/c1-13-10-11-14-17(12-13)30-22(24-18(25)8-5-9-19(26)27)20(14)21(28)23-15-6-3-4-7-16(15)29-2/h3-4,6-7,13H,5,8-12H2,1-2H3,(H,23,28)(H,24,25)(H,26,27). The van der Waals surface area contributed by atoms with Crippen LogP contribution in [-0.2, 0) is 22.4 Å². The summed E-state index contributed by atoms with van der Waals surface area (Å²) in [5.41, 5.74) is 2.05. The molecule has 1 aliphatic rings. The Morgan fingerprint density at radius 2 is 1.97 bits per heavy atom. The molecule has 2 amide bonds. The summed E-state index contributed by atoms with van der Waals surface area (Å²) in [5.74, 6) is -0.412. The van der Waals surface area contributed by atoms with Crippen LogP contribution in [-0.4, -0.2) is 30.0 Å². The van der Waals surface area contributed by atoms with Gasteiger partial charge in [-0.15, -0.1) is 11.3 Å². The maximum atomic E-state index is 13.2. The number of benzene rings is 1. The van der Waals surface area contributed by atoms with Crippen LogP contribution < -0.4 is 15.4 Å². The Morgan fingerprint density at radius 1 is 1.20 bits per heavy atom. The van der Waals surface area contributed by atoms with Gasteiger partial charge in [-0.25, -0.2) is 0 Å². The number of rotatable bonds is 8. The van der Waals surface area contributed by atoms with Crippen LogP contribution in [0.1, 0.15) is 53.4 Å². The molecule has 1 unspecified atom stereocenters. The largest absolute Gasteiger partial charge is 0.495 e. The molecule has 160 valence electrons. The fourth-order valence-electron chi connectivity index (χ4n) is 3.60. The lowest BCUT2D eigenvalue weighted by Gasteiger charge is -2.19. The Bertz CT molecular complexity index is 953. The van der Waals surface area contributed by atoms with Crippen molar-refractivity contribution in [1.29, 1.82) is 0 Å². The van der Waals surface area contributed by atoms with Gasteiger partial charge < -0.3 is 20.5 Å². The number of thiophene rings is 1. The first-order valence-electron chi connectivity index (χ1n) is 9.99. The minimum absolute atomic E-state index is 0.0625. The SMILES string of the molecule is COc1ccccc1NC(=O)c1c(NC(=O)CCCC(=O)O)sc2c1CCC(C)C2. The third kappa shape index (κ3) is 5.18. The molecule has 0 radical (unpaired) electrons. The third-order valence-corrected chi connectivity index (χ3v) is 6.31. The predicted molar refractivity (Wildman–Crippen MR) is 117 cm³/mol. The number of carboxylic acid groups (broad SMARTS) is 1. The summed E-state index contributed by atoms with van der Waals surface area (Å²) >= 11 is 1.44. The van der Waals surface area contributed by atoms with Crippen molar-refractivity contribution in [2.75, 3.05) is 17.7 Å². The predicted octanol–water partition coefficient (Wildman–Crippen LogP) is 4.33. The summed E-state index contributed by atoms with van der Waals surface area (Å²) in [6.45, 7) is 2.18. The molecule has 3 rings (SSSR count).